The summed E-state index contributed by atoms with van der Waals surface area (Å²) in [6.45, 7) is 2.89. The van der Waals surface area contributed by atoms with Crippen molar-refractivity contribution in [3.63, 3.8) is 0 Å². The highest BCUT2D eigenvalue weighted by molar-refractivity contribution is 7.27. The lowest BCUT2D eigenvalue weighted by Gasteiger charge is -2.15. The number of hydrogen-bond acceptors (Lipinski definition) is 3. The molecule has 0 spiro atoms. The Morgan fingerprint density at radius 2 is 2.26 bits per heavy atom. The van der Waals surface area contributed by atoms with E-state index in [1.807, 2.05) is 6.07 Å². The summed E-state index contributed by atoms with van der Waals surface area (Å²) in [5.41, 5.74) is 0. The molecule has 2 heterocycles. The summed E-state index contributed by atoms with van der Waals surface area (Å²) in [4.78, 5) is 12.9. The summed E-state index contributed by atoms with van der Waals surface area (Å²) in [5, 5.41) is 5.09. The van der Waals surface area contributed by atoms with Crippen LogP contribution in [-0.2, 0) is 0 Å². The Kier molecular flexibility index (Phi) is 5.67. The zero-order valence-electron chi connectivity index (χ0n) is 10.9. The average Bonchev–Trinajstić information content (AvgIpc) is 2.96. The summed E-state index contributed by atoms with van der Waals surface area (Å²) in [6.07, 6.45) is 3.22. The standard InChI is InChI=1S/C14H18ClNOS2/c1-2-3-10(4-6-15)9-16-14(17)13-8-12-11(19-13)5-7-18-12/h5,7-8,10H,2-4,6,9H2,1H3,(H,16,17). The Balaban J connectivity index is 1.91. The quantitative estimate of drug-likeness (QED) is 0.735. The van der Waals surface area contributed by atoms with Crippen molar-refractivity contribution >= 4 is 49.6 Å². The molecule has 0 fully saturated rings. The average molecular weight is 316 g/mol. The van der Waals surface area contributed by atoms with Crippen molar-refractivity contribution in [2.45, 2.75) is 26.2 Å². The molecule has 0 aliphatic heterocycles. The van der Waals surface area contributed by atoms with E-state index >= 15 is 0 Å². The minimum absolute atomic E-state index is 0.0454. The van der Waals surface area contributed by atoms with Gasteiger partial charge in [0.25, 0.3) is 5.91 Å². The van der Waals surface area contributed by atoms with E-state index in [4.69, 9.17) is 11.6 Å². The lowest BCUT2D eigenvalue weighted by molar-refractivity contribution is 0.0950. The number of amides is 1. The van der Waals surface area contributed by atoms with Gasteiger partial charge in [0.15, 0.2) is 0 Å². The molecular formula is C14H18ClNOS2. The number of alkyl halides is 1. The molecule has 2 nitrogen and oxygen atoms in total. The fourth-order valence-electron chi connectivity index (χ4n) is 2.11. The zero-order valence-corrected chi connectivity index (χ0v) is 13.3. The van der Waals surface area contributed by atoms with E-state index in [-0.39, 0.29) is 5.91 Å². The first-order valence-corrected chi connectivity index (χ1v) is 8.78. The maximum atomic E-state index is 12.1. The molecule has 0 saturated heterocycles. The van der Waals surface area contributed by atoms with Gasteiger partial charge in [-0.25, -0.2) is 0 Å². The SMILES string of the molecule is CCCC(CCCl)CNC(=O)c1cc2sccc2s1. The van der Waals surface area contributed by atoms with Gasteiger partial charge in [-0.3, -0.25) is 4.79 Å². The Bertz CT molecular complexity index is 500. The molecular weight excluding hydrogens is 298 g/mol. The van der Waals surface area contributed by atoms with Gasteiger partial charge >= 0.3 is 0 Å². The highest BCUT2D eigenvalue weighted by Gasteiger charge is 2.13. The van der Waals surface area contributed by atoms with Crippen molar-refractivity contribution in [2.75, 3.05) is 12.4 Å². The third-order valence-corrected chi connectivity index (χ3v) is 5.44. The van der Waals surface area contributed by atoms with E-state index in [9.17, 15) is 4.79 Å². The topological polar surface area (TPSA) is 29.1 Å². The lowest BCUT2D eigenvalue weighted by Crippen LogP contribution is -2.29. The van der Waals surface area contributed by atoms with Crippen LogP contribution in [0, 0.1) is 5.92 Å². The van der Waals surface area contributed by atoms with Gasteiger partial charge in [0.2, 0.25) is 0 Å². The summed E-state index contributed by atoms with van der Waals surface area (Å²) in [7, 11) is 0. The van der Waals surface area contributed by atoms with Crippen LogP contribution in [0.25, 0.3) is 9.40 Å². The van der Waals surface area contributed by atoms with Gasteiger partial charge in [0.05, 0.1) is 4.88 Å². The van der Waals surface area contributed by atoms with Gasteiger partial charge in [0.1, 0.15) is 0 Å². The first-order valence-electron chi connectivity index (χ1n) is 6.55. The summed E-state index contributed by atoms with van der Waals surface area (Å²) in [6, 6.07) is 4.05. The summed E-state index contributed by atoms with van der Waals surface area (Å²) in [5.74, 6) is 1.20. The van der Waals surface area contributed by atoms with Crippen LogP contribution in [0.3, 0.4) is 0 Å². The number of thiophene rings is 2. The minimum Gasteiger partial charge on any atom is -0.351 e. The number of nitrogens with one attached hydrogen (secondary N) is 1. The van der Waals surface area contributed by atoms with Crippen molar-refractivity contribution in [1.82, 2.24) is 5.32 Å². The molecule has 2 aromatic rings. The van der Waals surface area contributed by atoms with Gasteiger partial charge < -0.3 is 5.32 Å². The molecule has 2 aromatic heterocycles. The van der Waals surface area contributed by atoms with Crippen LogP contribution in [0.4, 0.5) is 0 Å². The van der Waals surface area contributed by atoms with Gasteiger partial charge in [-0.2, -0.15) is 0 Å². The molecule has 0 aliphatic carbocycles. The van der Waals surface area contributed by atoms with E-state index in [0.717, 1.165) is 30.7 Å². The van der Waals surface area contributed by atoms with E-state index in [2.05, 4.69) is 23.7 Å². The van der Waals surface area contributed by atoms with Crippen LogP contribution in [0.2, 0.25) is 0 Å². The highest BCUT2D eigenvalue weighted by Crippen LogP contribution is 2.29. The van der Waals surface area contributed by atoms with Crippen LogP contribution >= 0.6 is 34.3 Å². The number of hydrogen-bond donors (Lipinski definition) is 1. The fourth-order valence-corrected chi connectivity index (χ4v) is 4.45. The number of halogens is 1. The summed E-state index contributed by atoms with van der Waals surface area (Å²) >= 11 is 9.04. The van der Waals surface area contributed by atoms with Crippen molar-refractivity contribution < 1.29 is 4.79 Å². The predicted octanol–water partition coefficient (Wildman–Crippen LogP) is 4.74. The molecule has 0 aromatic carbocycles. The molecule has 0 bridgehead atoms. The first-order chi connectivity index (χ1) is 9.24. The van der Waals surface area contributed by atoms with Crippen molar-refractivity contribution in [2.24, 2.45) is 5.92 Å². The third kappa shape index (κ3) is 3.94. The molecule has 1 atom stereocenters. The molecule has 0 saturated carbocycles. The minimum atomic E-state index is 0.0454. The maximum absolute atomic E-state index is 12.1. The second-order valence-electron chi connectivity index (χ2n) is 4.60. The van der Waals surface area contributed by atoms with Crippen molar-refractivity contribution in [3.8, 4) is 0 Å². The number of carbonyl (C=O) groups is 1. The number of rotatable bonds is 7. The predicted molar refractivity (Wildman–Crippen MR) is 85.8 cm³/mol. The van der Waals surface area contributed by atoms with Gasteiger partial charge in [-0.1, -0.05) is 13.3 Å². The van der Waals surface area contributed by atoms with Gasteiger partial charge in [-0.15, -0.1) is 34.3 Å². The molecule has 19 heavy (non-hydrogen) atoms. The number of fused-ring (bicyclic) bond motifs is 1. The van der Waals surface area contributed by atoms with Gasteiger partial charge in [-0.05, 0) is 36.3 Å². The molecule has 1 N–H and O–H groups in total. The lowest BCUT2D eigenvalue weighted by atomic mass is 10.0. The van der Waals surface area contributed by atoms with Crippen LogP contribution in [0.5, 0.6) is 0 Å². The Labute approximate surface area is 126 Å². The molecule has 0 aliphatic rings. The zero-order chi connectivity index (χ0) is 13.7. The highest BCUT2D eigenvalue weighted by atomic mass is 35.5. The largest absolute Gasteiger partial charge is 0.351 e. The molecule has 104 valence electrons. The molecule has 1 amide bonds. The van der Waals surface area contributed by atoms with Crippen LogP contribution in [-0.4, -0.2) is 18.3 Å². The second-order valence-corrected chi connectivity index (χ2v) is 7.01. The Hall–Kier alpha value is -0.580. The maximum Gasteiger partial charge on any atom is 0.261 e. The molecule has 2 rings (SSSR count). The van der Waals surface area contributed by atoms with E-state index in [0.29, 0.717) is 11.8 Å². The Morgan fingerprint density at radius 3 is 2.95 bits per heavy atom. The van der Waals surface area contributed by atoms with Gasteiger partial charge in [0, 0.05) is 21.8 Å². The number of carbonyl (C=O) groups excluding carboxylic acids is 1. The van der Waals surface area contributed by atoms with Crippen LogP contribution in [0.1, 0.15) is 35.9 Å². The normalized spacial score (nSPS) is 12.7. The monoisotopic (exact) mass is 315 g/mol. The van der Waals surface area contributed by atoms with Crippen LogP contribution < -0.4 is 5.32 Å². The Morgan fingerprint density at radius 1 is 1.42 bits per heavy atom. The summed E-state index contributed by atoms with van der Waals surface area (Å²) < 4.78 is 2.39. The first kappa shape index (κ1) is 14.8. The third-order valence-electron chi connectivity index (χ3n) is 3.13. The van der Waals surface area contributed by atoms with E-state index in [1.54, 1.807) is 22.7 Å². The molecule has 0 radical (unpaired) electrons. The molecule has 5 heteroatoms. The second kappa shape index (κ2) is 7.27. The molecule has 1 unspecified atom stereocenters. The van der Waals surface area contributed by atoms with Crippen molar-refractivity contribution in [1.29, 1.82) is 0 Å². The van der Waals surface area contributed by atoms with E-state index in [1.165, 1.54) is 9.40 Å². The van der Waals surface area contributed by atoms with E-state index < -0.39 is 0 Å². The van der Waals surface area contributed by atoms with Crippen molar-refractivity contribution in [3.05, 3.63) is 22.4 Å². The van der Waals surface area contributed by atoms with Crippen LogP contribution in [0.15, 0.2) is 17.5 Å². The fraction of sp³-hybridized carbons (Fsp3) is 0.500. The smallest absolute Gasteiger partial charge is 0.261 e.